The highest BCUT2D eigenvalue weighted by Crippen LogP contribution is 2.38. The molecule has 1 saturated heterocycles. The summed E-state index contributed by atoms with van der Waals surface area (Å²) in [5.74, 6) is 0.750. The predicted molar refractivity (Wildman–Crippen MR) is 67.7 cm³/mol. The first-order valence-electron chi connectivity index (χ1n) is 5.90. The van der Waals surface area contributed by atoms with Crippen LogP contribution in [0.25, 0.3) is 0 Å². The summed E-state index contributed by atoms with van der Waals surface area (Å²) in [5, 5.41) is 0. The van der Waals surface area contributed by atoms with Crippen LogP contribution in [0.5, 0.6) is 0 Å². The molecule has 1 fully saturated rings. The van der Waals surface area contributed by atoms with Crippen molar-refractivity contribution in [1.82, 2.24) is 0 Å². The third kappa shape index (κ3) is 2.57. The lowest BCUT2D eigenvalue weighted by atomic mass is 9.85. The summed E-state index contributed by atoms with van der Waals surface area (Å²) in [7, 11) is 0. The van der Waals surface area contributed by atoms with E-state index < -0.39 is 0 Å². The summed E-state index contributed by atoms with van der Waals surface area (Å²) in [6.07, 6.45) is 3.24. The highest BCUT2D eigenvalue weighted by Gasteiger charge is 2.42. The molecule has 1 aromatic rings. The van der Waals surface area contributed by atoms with Gasteiger partial charge in [-0.05, 0) is 28.9 Å². The van der Waals surface area contributed by atoms with Crippen molar-refractivity contribution in [3.63, 3.8) is 0 Å². The molecule has 17 heavy (non-hydrogen) atoms. The number of nitrogens with two attached hydrogens (primary N) is 1. The summed E-state index contributed by atoms with van der Waals surface area (Å²) in [4.78, 5) is 0. The van der Waals surface area contributed by atoms with Gasteiger partial charge in [-0.1, -0.05) is 0 Å². The van der Waals surface area contributed by atoms with Crippen LogP contribution in [0.1, 0.15) is 31.6 Å². The molecule has 2 N–H and O–H groups in total. The molecule has 96 valence electrons. The van der Waals surface area contributed by atoms with Gasteiger partial charge in [-0.3, -0.25) is 0 Å². The van der Waals surface area contributed by atoms with E-state index in [1.165, 1.54) is 0 Å². The van der Waals surface area contributed by atoms with Gasteiger partial charge in [-0.2, -0.15) is 0 Å². The molecular formula is C12H18BrNO3. The molecular weight excluding hydrogens is 286 g/mol. The van der Waals surface area contributed by atoms with E-state index in [0.717, 1.165) is 23.1 Å². The third-order valence-electron chi connectivity index (χ3n) is 3.26. The average molecular weight is 304 g/mol. The van der Waals surface area contributed by atoms with Crippen LogP contribution in [-0.4, -0.2) is 25.4 Å². The van der Waals surface area contributed by atoms with Gasteiger partial charge in [0, 0.05) is 32.7 Å². The lowest BCUT2D eigenvalue weighted by Gasteiger charge is -2.40. The first-order valence-corrected chi connectivity index (χ1v) is 6.69. The van der Waals surface area contributed by atoms with Crippen LogP contribution in [0.2, 0.25) is 0 Å². The summed E-state index contributed by atoms with van der Waals surface area (Å²) in [5.41, 5.74) is 5.96. The molecule has 0 aromatic carbocycles. The summed E-state index contributed by atoms with van der Waals surface area (Å²) >= 11 is 3.45. The molecule has 1 aliphatic rings. The second-order valence-corrected chi connectivity index (χ2v) is 5.07. The van der Waals surface area contributed by atoms with Crippen molar-refractivity contribution in [2.24, 2.45) is 5.73 Å². The second-order valence-electron chi connectivity index (χ2n) is 4.22. The van der Waals surface area contributed by atoms with Crippen molar-refractivity contribution in [3.05, 3.63) is 22.6 Å². The zero-order valence-electron chi connectivity index (χ0n) is 9.95. The van der Waals surface area contributed by atoms with E-state index >= 15 is 0 Å². The maximum absolute atomic E-state index is 6.33. The molecule has 1 atom stereocenters. The molecule has 0 spiro atoms. The van der Waals surface area contributed by atoms with Crippen molar-refractivity contribution in [1.29, 1.82) is 0 Å². The Morgan fingerprint density at radius 3 is 2.76 bits per heavy atom. The van der Waals surface area contributed by atoms with Crippen LogP contribution in [0.4, 0.5) is 0 Å². The molecule has 1 aromatic heterocycles. The van der Waals surface area contributed by atoms with Crippen molar-refractivity contribution in [2.75, 3.05) is 19.8 Å². The Morgan fingerprint density at radius 1 is 1.53 bits per heavy atom. The van der Waals surface area contributed by atoms with Crippen LogP contribution < -0.4 is 5.73 Å². The fourth-order valence-corrected chi connectivity index (χ4v) is 2.76. The fraction of sp³-hybridized carbons (Fsp3) is 0.667. The number of hydrogen-bond acceptors (Lipinski definition) is 4. The minimum absolute atomic E-state index is 0.268. The normalized spacial score (nSPS) is 21.4. The predicted octanol–water partition coefficient (Wildman–Crippen LogP) is 2.63. The van der Waals surface area contributed by atoms with E-state index in [1.54, 1.807) is 6.26 Å². The first-order chi connectivity index (χ1) is 8.19. The van der Waals surface area contributed by atoms with Gasteiger partial charge in [0.1, 0.15) is 5.76 Å². The standard InChI is InChI=1S/C12H18BrNO3/c1-2-17-12(4-7-15-8-5-12)11(14)10-9(13)3-6-16-10/h3,6,11H,2,4-5,7-8,14H2,1H3. The summed E-state index contributed by atoms with van der Waals surface area (Å²) < 4.78 is 17.7. The number of furan rings is 1. The molecule has 0 bridgehead atoms. The Morgan fingerprint density at radius 2 is 2.24 bits per heavy atom. The van der Waals surface area contributed by atoms with Gasteiger partial charge in [-0.25, -0.2) is 0 Å². The average Bonchev–Trinajstić information content (AvgIpc) is 2.76. The second kappa shape index (κ2) is 5.52. The molecule has 2 rings (SSSR count). The molecule has 5 heteroatoms. The lowest BCUT2D eigenvalue weighted by Crippen LogP contribution is -2.48. The Labute approximate surface area is 110 Å². The number of rotatable bonds is 4. The van der Waals surface area contributed by atoms with Gasteiger partial charge in [0.2, 0.25) is 0 Å². The van der Waals surface area contributed by atoms with Gasteiger partial charge in [0.25, 0.3) is 0 Å². The Kier molecular flexibility index (Phi) is 4.25. The highest BCUT2D eigenvalue weighted by atomic mass is 79.9. The minimum Gasteiger partial charge on any atom is -0.466 e. The topological polar surface area (TPSA) is 57.6 Å². The molecule has 0 aliphatic carbocycles. The Bertz CT molecular complexity index is 355. The van der Waals surface area contributed by atoms with Gasteiger partial charge >= 0.3 is 0 Å². The van der Waals surface area contributed by atoms with Crippen molar-refractivity contribution in [2.45, 2.75) is 31.4 Å². The SMILES string of the molecule is CCOC1(C(N)c2occc2Br)CCOCC1. The maximum Gasteiger partial charge on any atom is 0.137 e. The van der Waals surface area contributed by atoms with Crippen LogP contribution in [0.15, 0.2) is 21.2 Å². The van der Waals surface area contributed by atoms with Crippen LogP contribution >= 0.6 is 15.9 Å². The van der Waals surface area contributed by atoms with Gasteiger partial charge in [0.05, 0.1) is 22.4 Å². The van der Waals surface area contributed by atoms with Crippen molar-refractivity contribution >= 4 is 15.9 Å². The van der Waals surface area contributed by atoms with E-state index in [-0.39, 0.29) is 11.6 Å². The monoisotopic (exact) mass is 303 g/mol. The van der Waals surface area contributed by atoms with Gasteiger partial charge < -0.3 is 19.6 Å². The van der Waals surface area contributed by atoms with E-state index in [2.05, 4.69) is 15.9 Å². The van der Waals surface area contributed by atoms with Crippen molar-refractivity contribution in [3.8, 4) is 0 Å². The first kappa shape index (κ1) is 13.1. The zero-order valence-corrected chi connectivity index (χ0v) is 11.5. The number of halogens is 1. The molecule has 0 radical (unpaired) electrons. The van der Waals surface area contributed by atoms with E-state index in [9.17, 15) is 0 Å². The van der Waals surface area contributed by atoms with Crippen LogP contribution in [-0.2, 0) is 9.47 Å². The molecule has 0 saturated carbocycles. The Balaban J connectivity index is 2.23. The van der Waals surface area contributed by atoms with Gasteiger partial charge in [0.15, 0.2) is 0 Å². The molecule has 1 aliphatic heterocycles. The lowest BCUT2D eigenvalue weighted by molar-refractivity contribution is -0.124. The van der Waals surface area contributed by atoms with E-state index in [4.69, 9.17) is 19.6 Å². The van der Waals surface area contributed by atoms with Crippen LogP contribution in [0, 0.1) is 0 Å². The maximum atomic E-state index is 6.33. The smallest absolute Gasteiger partial charge is 0.137 e. The molecule has 1 unspecified atom stereocenters. The van der Waals surface area contributed by atoms with Crippen LogP contribution in [0.3, 0.4) is 0 Å². The highest BCUT2D eigenvalue weighted by molar-refractivity contribution is 9.10. The summed E-state index contributed by atoms with van der Waals surface area (Å²) in [6.45, 7) is 4.01. The molecule has 2 heterocycles. The molecule has 0 amide bonds. The number of hydrogen-bond donors (Lipinski definition) is 1. The Hall–Kier alpha value is -0.360. The third-order valence-corrected chi connectivity index (χ3v) is 3.92. The quantitative estimate of drug-likeness (QED) is 0.929. The zero-order chi connectivity index (χ0) is 12.3. The molecule has 4 nitrogen and oxygen atoms in total. The van der Waals surface area contributed by atoms with Crippen molar-refractivity contribution < 1.29 is 13.9 Å². The number of ether oxygens (including phenoxy) is 2. The van der Waals surface area contributed by atoms with E-state index in [1.807, 2.05) is 13.0 Å². The summed E-state index contributed by atoms with van der Waals surface area (Å²) in [6, 6.07) is 1.59. The van der Waals surface area contributed by atoms with E-state index in [0.29, 0.717) is 19.8 Å². The van der Waals surface area contributed by atoms with Gasteiger partial charge in [-0.15, -0.1) is 0 Å². The fourth-order valence-electron chi connectivity index (χ4n) is 2.32. The largest absolute Gasteiger partial charge is 0.466 e. The minimum atomic E-state index is -0.368.